The lowest BCUT2D eigenvalue weighted by molar-refractivity contribution is 0.0785. The number of halogens is 1. The number of hydrogen-bond acceptors (Lipinski definition) is 3. The van der Waals surface area contributed by atoms with Crippen LogP contribution in [0.5, 0.6) is 11.5 Å². The molecular weight excluding hydrogens is 254 g/mol. The average molecular weight is 270 g/mol. The van der Waals surface area contributed by atoms with E-state index in [-0.39, 0.29) is 11.7 Å². The number of benzene rings is 1. The summed E-state index contributed by atoms with van der Waals surface area (Å²) in [5, 5.41) is 9.82. The lowest BCUT2D eigenvalue weighted by Gasteiger charge is -2.17. The van der Waals surface area contributed by atoms with Gasteiger partial charge in [0.25, 0.3) is 5.91 Å². The Kier molecular flexibility index (Phi) is 3.97. The maximum atomic E-state index is 12.2. The van der Waals surface area contributed by atoms with Crippen molar-refractivity contribution in [3.63, 3.8) is 0 Å². The van der Waals surface area contributed by atoms with E-state index in [4.69, 9.17) is 16.3 Å². The zero-order chi connectivity index (χ0) is 13.1. The van der Waals surface area contributed by atoms with Crippen molar-refractivity contribution >= 4 is 17.5 Å². The Morgan fingerprint density at radius 3 is 2.94 bits per heavy atom. The Morgan fingerprint density at radius 1 is 1.61 bits per heavy atom. The van der Waals surface area contributed by atoms with Gasteiger partial charge in [-0.1, -0.05) is 0 Å². The molecule has 1 amide bonds. The predicted molar refractivity (Wildman–Crippen MR) is 69.4 cm³/mol. The van der Waals surface area contributed by atoms with Gasteiger partial charge in [-0.15, -0.1) is 11.6 Å². The van der Waals surface area contributed by atoms with Crippen LogP contribution in [0, 0.1) is 5.92 Å². The smallest absolute Gasteiger partial charge is 0.257 e. The summed E-state index contributed by atoms with van der Waals surface area (Å²) >= 11 is 5.79. The fourth-order valence-corrected chi connectivity index (χ4v) is 2.38. The van der Waals surface area contributed by atoms with E-state index in [9.17, 15) is 9.90 Å². The molecule has 1 N–H and O–H groups in total. The van der Waals surface area contributed by atoms with Gasteiger partial charge in [-0.3, -0.25) is 4.79 Å². The van der Waals surface area contributed by atoms with Gasteiger partial charge < -0.3 is 14.7 Å². The minimum Gasteiger partial charge on any atom is -0.507 e. The fraction of sp³-hybridized carbons (Fsp3) is 0.462. The summed E-state index contributed by atoms with van der Waals surface area (Å²) in [5.41, 5.74) is 0.311. The Bertz CT molecular complexity index is 450. The minimum absolute atomic E-state index is 0.0475. The van der Waals surface area contributed by atoms with Crippen LogP contribution < -0.4 is 4.74 Å². The van der Waals surface area contributed by atoms with Gasteiger partial charge in [0.05, 0.1) is 12.7 Å². The number of ether oxygens (including phenoxy) is 1. The van der Waals surface area contributed by atoms with Gasteiger partial charge in [0.2, 0.25) is 0 Å². The van der Waals surface area contributed by atoms with E-state index in [0.29, 0.717) is 36.2 Å². The van der Waals surface area contributed by atoms with Gasteiger partial charge in [0.1, 0.15) is 11.5 Å². The second-order valence-corrected chi connectivity index (χ2v) is 4.75. The molecule has 1 fully saturated rings. The van der Waals surface area contributed by atoms with Gasteiger partial charge in [-0.2, -0.15) is 0 Å². The summed E-state index contributed by atoms with van der Waals surface area (Å²) in [6.45, 7) is 1.36. The Morgan fingerprint density at radius 2 is 2.39 bits per heavy atom. The van der Waals surface area contributed by atoms with Crippen molar-refractivity contribution in [3.8, 4) is 11.5 Å². The standard InChI is InChI=1S/C13H16ClNO3/c1-18-10-2-3-11(12(16)6-10)13(17)15-5-4-9(7-14)8-15/h2-3,6,9,16H,4-5,7-8H2,1H3. The number of phenolic OH excluding ortho intramolecular Hbond substituents is 1. The number of phenols is 1. The zero-order valence-electron chi connectivity index (χ0n) is 10.2. The molecule has 1 heterocycles. The van der Waals surface area contributed by atoms with Crippen LogP contribution in [-0.2, 0) is 0 Å². The molecule has 0 spiro atoms. The lowest BCUT2D eigenvalue weighted by Crippen LogP contribution is -2.28. The highest BCUT2D eigenvalue weighted by molar-refractivity contribution is 6.18. The van der Waals surface area contributed by atoms with Crippen LogP contribution in [0.1, 0.15) is 16.8 Å². The second-order valence-electron chi connectivity index (χ2n) is 4.44. The molecule has 0 aliphatic carbocycles. The lowest BCUT2D eigenvalue weighted by atomic mass is 10.1. The Hall–Kier alpha value is -1.42. The third-order valence-corrected chi connectivity index (χ3v) is 3.66. The van der Waals surface area contributed by atoms with E-state index in [2.05, 4.69) is 0 Å². The number of carbonyl (C=O) groups excluding carboxylic acids is 1. The first-order valence-electron chi connectivity index (χ1n) is 5.88. The van der Waals surface area contributed by atoms with Gasteiger partial charge in [0.15, 0.2) is 0 Å². The molecule has 4 nitrogen and oxygen atoms in total. The Balaban J connectivity index is 2.14. The third kappa shape index (κ3) is 2.53. The van der Waals surface area contributed by atoms with Crippen LogP contribution in [0.2, 0.25) is 0 Å². The normalized spacial score (nSPS) is 19.0. The molecule has 2 rings (SSSR count). The first-order valence-corrected chi connectivity index (χ1v) is 6.41. The number of rotatable bonds is 3. The number of hydrogen-bond donors (Lipinski definition) is 1. The average Bonchev–Trinajstić information content (AvgIpc) is 2.86. The van der Waals surface area contributed by atoms with Crippen LogP contribution in [-0.4, -0.2) is 42.0 Å². The van der Waals surface area contributed by atoms with E-state index in [1.807, 2.05) is 0 Å². The van der Waals surface area contributed by atoms with Crippen LogP contribution in [0.25, 0.3) is 0 Å². The second kappa shape index (κ2) is 5.48. The molecule has 0 aromatic heterocycles. The maximum absolute atomic E-state index is 12.2. The van der Waals surface area contributed by atoms with Crippen molar-refractivity contribution in [2.75, 3.05) is 26.1 Å². The summed E-state index contributed by atoms with van der Waals surface area (Å²) in [5.74, 6) is 1.26. The summed E-state index contributed by atoms with van der Waals surface area (Å²) in [6.07, 6.45) is 0.923. The van der Waals surface area contributed by atoms with E-state index >= 15 is 0 Å². The first kappa shape index (κ1) is 13.0. The van der Waals surface area contributed by atoms with Crippen molar-refractivity contribution in [2.45, 2.75) is 6.42 Å². The largest absolute Gasteiger partial charge is 0.507 e. The van der Waals surface area contributed by atoms with E-state index in [0.717, 1.165) is 6.42 Å². The highest BCUT2D eigenvalue weighted by Gasteiger charge is 2.27. The van der Waals surface area contributed by atoms with Gasteiger partial charge in [-0.05, 0) is 24.5 Å². The number of alkyl halides is 1. The molecule has 0 bridgehead atoms. The van der Waals surface area contributed by atoms with E-state index in [1.165, 1.54) is 13.2 Å². The molecule has 98 valence electrons. The van der Waals surface area contributed by atoms with Crippen molar-refractivity contribution in [3.05, 3.63) is 23.8 Å². The van der Waals surface area contributed by atoms with Crippen LogP contribution in [0.15, 0.2) is 18.2 Å². The van der Waals surface area contributed by atoms with E-state index in [1.54, 1.807) is 17.0 Å². The zero-order valence-corrected chi connectivity index (χ0v) is 11.0. The molecule has 1 unspecified atom stereocenters. The number of carbonyl (C=O) groups is 1. The first-order chi connectivity index (χ1) is 8.65. The van der Waals surface area contributed by atoms with Gasteiger partial charge in [0, 0.05) is 25.0 Å². The molecule has 0 radical (unpaired) electrons. The molecule has 1 aliphatic heterocycles. The van der Waals surface area contributed by atoms with Crippen molar-refractivity contribution in [1.82, 2.24) is 4.90 Å². The van der Waals surface area contributed by atoms with Crippen molar-refractivity contribution in [2.24, 2.45) is 5.92 Å². The molecule has 1 aromatic carbocycles. The molecule has 18 heavy (non-hydrogen) atoms. The number of methoxy groups -OCH3 is 1. The number of aromatic hydroxyl groups is 1. The monoisotopic (exact) mass is 269 g/mol. The van der Waals surface area contributed by atoms with Gasteiger partial charge in [-0.25, -0.2) is 0 Å². The number of nitrogens with zero attached hydrogens (tertiary/aromatic N) is 1. The highest BCUT2D eigenvalue weighted by Crippen LogP contribution is 2.27. The van der Waals surface area contributed by atoms with Crippen molar-refractivity contribution in [1.29, 1.82) is 0 Å². The maximum Gasteiger partial charge on any atom is 0.257 e. The molecular formula is C13H16ClNO3. The predicted octanol–water partition coefficient (Wildman–Crippen LogP) is 2.10. The third-order valence-electron chi connectivity index (χ3n) is 3.23. The molecule has 1 saturated heterocycles. The highest BCUT2D eigenvalue weighted by atomic mass is 35.5. The Labute approximate surface area is 111 Å². The SMILES string of the molecule is COc1ccc(C(=O)N2CCC(CCl)C2)c(O)c1. The minimum atomic E-state index is -0.150. The quantitative estimate of drug-likeness (QED) is 0.855. The molecule has 0 saturated carbocycles. The summed E-state index contributed by atoms with van der Waals surface area (Å²) in [4.78, 5) is 13.9. The molecule has 5 heteroatoms. The summed E-state index contributed by atoms with van der Waals surface area (Å²) in [6, 6.07) is 4.70. The van der Waals surface area contributed by atoms with E-state index < -0.39 is 0 Å². The topological polar surface area (TPSA) is 49.8 Å². The van der Waals surface area contributed by atoms with Crippen molar-refractivity contribution < 1.29 is 14.6 Å². The number of likely N-dealkylation sites (tertiary alicyclic amines) is 1. The molecule has 1 atom stereocenters. The molecule has 1 aromatic rings. The molecule has 1 aliphatic rings. The summed E-state index contributed by atoms with van der Waals surface area (Å²) in [7, 11) is 1.52. The van der Waals surface area contributed by atoms with Gasteiger partial charge >= 0.3 is 0 Å². The fourth-order valence-electron chi connectivity index (χ4n) is 2.13. The van der Waals surface area contributed by atoms with Crippen LogP contribution in [0.3, 0.4) is 0 Å². The van der Waals surface area contributed by atoms with Crippen LogP contribution >= 0.6 is 11.6 Å². The van der Waals surface area contributed by atoms with Crippen LogP contribution in [0.4, 0.5) is 0 Å². The number of amides is 1. The summed E-state index contributed by atoms with van der Waals surface area (Å²) < 4.78 is 4.99.